The minimum atomic E-state index is -0.643. The fourth-order valence-electron chi connectivity index (χ4n) is 4.03. The van der Waals surface area contributed by atoms with Crippen molar-refractivity contribution in [1.82, 2.24) is 4.40 Å². The SMILES string of the molecule is CCOC(=O)c1cc(C2CC2)c2c(C)c(N3CCCC3)c(F)cn2c1=O. The van der Waals surface area contributed by atoms with Crippen LogP contribution in [0.15, 0.2) is 17.1 Å². The van der Waals surface area contributed by atoms with Gasteiger partial charge in [-0.25, -0.2) is 9.18 Å². The van der Waals surface area contributed by atoms with Crippen LogP contribution in [-0.4, -0.2) is 30.1 Å². The molecule has 2 aromatic rings. The van der Waals surface area contributed by atoms with Gasteiger partial charge in [0, 0.05) is 13.1 Å². The molecule has 0 spiro atoms. The van der Waals surface area contributed by atoms with E-state index in [0.29, 0.717) is 11.6 Å². The number of nitrogens with zero attached hydrogens (tertiary/aromatic N) is 2. The molecule has 5 nitrogen and oxygen atoms in total. The molecule has 0 bridgehead atoms. The second-order valence-electron chi connectivity index (χ2n) is 7.18. The predicted molar refractivity (Wildman–Crippen MR) is 97.7 cm³/mol. The summed E-state index contributed by atoms with van der Waals surface area (Å²) >= 11 is 0. The van der Waals surface area contributed by atoms with Crippen molar-refractivity contribution in [2.45, 2.75) is 45.4 Å². The van der Waals surface area contributed by atoms with E-state index >= 15 is 0 Å². The number of esters is 1. The van der Waals surface area contributed by atoms with E-state index in [9.17, 15) is 14.0 Å². The zero-order valence-electron chi connectivity index (χ0n) is 15.2. The Morgan fingerprint density at radius 3 is 2.62 bits per heavy atom. The number of anilines is 1. The summed E-state index contributed by atoms with van der Waals surface area (Å²) in [5, 5.41) is 0. The maximum Gasteiger partial charge on any atom is 0.343 e. The summed E-state index contributed by atoms with van der Waals surface area (Å²) in [5.41, 5.74) is 2.53. The maximum atomic E-state index is 14.9. The fraction of sp³-hybridized carbons (Fsp3) is 0.500. The monoisotopic (exact) mass is 358 g/mol. The number of fused-ring (bicyclic) bond motifs is 1. The Morgan fingerprint density at radius 1 is 1.31 bits per heavy atom. The smallest absolute Gasteiger partial charge is 0.343 e. The maximum absolute atomic E-state index is 14.9. The number of hydrogen-bond acceptors (Lipinski definition) is 4. The van der Waals surface area contributed by atoms with Gasteiger partial charge in [0.25, 0.3) is 5.56 Å². The van der Waals surface area contributed by atoms with Gasteiger partial charge in [0.2, 0.25) is 0 Å². The van der Waals surface area contributed by atoms with Crippen LogP contribution in [0, 0.1) is 12.7 Å². The number of ether oxygens (including phenoxy) is 1. The van der Waals surface area contributed by atoms with Gasteiger partial charge in [0.15, 0.2) is 5.82 Å². The van der Waals surface area contributed by atoms with E-state index < -0.39 is 17.3 Å². The van der Waals surface area contributed by atoms with Crippen molar-refractivity contribution in [3.8, 4) is 0 Å². The average Bonchev–Trinajstić information content (AvgIpc) is 3.31. The third-order valence-corrected chi connectivity index (χ3v) is 5.38. The highest BCUT2D eigenvalue weighted by atomic mass is 19.1. The van der Waals surface area contributed by atoms with Crippen LogP contribution in [0.4, 0.5) is 10.1 Å². The zero-order chi connectivity index (χ0) is 18.4. The van der Waals surface area contributed by atoms with Gasteiger partial charge in [-0.05, 0) is 62.6 Å². The lowest BCUT2D eigenvalue weighted by Crippen LogP contribution is -2.27. The molecule has 4 rings (SSSR count). The summed E-state index contributed by atoms with van der Waals surface area (Å²) in [6, 6.07) is 1.67. The lowest BCUT2D eigenvalue weighted by Gasteiger charge is -2.23. The highest BCUT2D eigenvalue weighted by molar-refractivity contribution is 5.90. The van der Waals surface area contributed by atoms with Crippen LogP contribution in [0.5, 0.6) is 0 Å². The Hall–Kier alpha value is -2.37. The van der Waals surface area contributed by atoms with Crippen LogP contribution in [-0.2, 0) is 4.74 Å². The van der Waals surface area contributed by atoms with Crippen LogP contribution in [0.2, 0.25) is 0 Å². The van der Waals surface area contributed by atoms with Crippen molar-refractivity contribution in [3.63, 3.8) is 0 Å². The van der Waals surface area contributed by atoms with Crippen molar-refractivity contribution in [2.75, 3.05) is 24.6 Å². The first kappa shape index (κ1) is 17.1. The number of carbonyl (C=O) groups is 1. The first-order chi connectivity index (χ1) is 12.5. The molecule has 6 heteroatoms. The van der Waals surface area contributed by atoms with Gasteiger partial charge < -0.3 is 9.64 Å². The van der Waals surface area contributed by atoms with Gasteiger partial charge in [-0.2, -0.15) is 0 Å². The molecular weight excluding hydrogens is 335 g/mol. The molecule has 1 saturated heterocycles. The highest BCUT2D eigenvalue weighted by Crippen LogP contribution is 2.44. The van der Waals surface area contributed by atoms with Crippen molar-refractivity contribution in [3.05, 3.63) is 45.1 Å². The lowest BCUT2D eigenvalue weighted by molar-refractivity contribution is 0.0524. The second-order valence-corrected chi connectivity index (χ2v) is 7.18. The quantitative estimate of drug-likeness (QED) is 0.786. The minimum absolute atomic E-state index is 0.0148. The van der Waals surface area contributed by atoms with Crippen molar-refractivity contribution < 1.29 is 13.9 Å². The van der Waals surface area contributed by atoms with Crippen LogP contribution < -0.4 is 10.5 Å². The molecule has 0 N–H and O–H groups in total. The first-order valence-electron chi connectivity index (χ1n) is 9.33. The summed E-state index contributed by atoms with van der Waals surface area (Å²) in [6.07, 6.45) is 5.38. The summed E-state index contributed by atoms with van der Waals surface area (Å²) in [5.74, 6) is -0.744. The van der Waals surface area contributed by atoms with Gasteiger partial charge in [0.05, 0.1) is 24.0 Å². The third-order valence-electron chi connectivity index (χ3n) is 5.38. The lowest BCUT2D eigenvalue weighted by atomic mass is 10.0. The van der Waals surface area contributed by atoms with E-state index in [1.54, 1.807) is 13.0 Å². The molecule has 2 aromatic heterocycles. The van der Waals surface area contributed by atoms with Crippen molar-refractivity contribution in [2.24, 2.45) is 0 Å². The number of halogens is 1. The van der Waals surface area contributed by atoms with Crippen LogP contribution in [0.3, 0.4) is 0 Å². The predicted octanol–water partition coefficient (Wildman–Crippen LogP) is 3.40. The molecule has 26 heavy (non-hydrogen) atoms. The molecule has 1 aliphatic carbocycles. The zero-order valence-corrected chi connectivity index (χ0v) is 15.2. The van der Waals surface area contributed by atoms with Crippen LogP contribution in [0.1, 0.15) is 60.0 Å². The van der Waals surface area contributed by atoms with Gasteiger partial charge >= 0.3 is 5.97 Å². The van der Waals surface area contributed by atoms with Gasteiger partial charge in [-0.3, -0.25) is 9.20 Å². The molecule has 0 radical (unpaired) electrons. The third kappa shape index (κ3) is 2.68. The van der Waals surface area contributed by atoms with E-state index in [-0.39, 0.29) is 12.2 Å². The van der Waals surface area contributed by atoms with Gasteiger partial charge in [-0.1, -0.05) is 0 Å². The number of carbonyl (C=O) groups excluding carboxylic acids is 1. The summed E-state index contributed by atoms with van der Waals surface area (Å²) in [4.78, 5) is 27.1. The summed E-state index contributed by atoms with van der Waals surface area (Å²) in [7, 11) is 0. The second kappa shape index (κ2) is 6.41. The molecule has 1 aliphatic heterocycles. The van der Waals surface area contributed by atoms with Crippen LogP contribution in [0.25, 0.3) is 5.52 Å². The number of aryl methyl sites for hydroxylation is 1. The molecule has 3 heterocycles. The van der Waals surface area contributed by atoms with Crippen LogP contribution >= 0.6 is 0 Å². The molecule has 1 saturated carbocycles. The minimum Gasteiger partial charge on any atom is -0.462 e. The molecule has 0 unspecified atom stereocenters. The van der Waals surface area contributed by atoms with Crippen molar-refractivity contribution in [1.29, 1.82) is 0 Å². The number of pyridine rings is 2. The Morgan fingerprint density at radius 2 is 2.00 bits per heavy atom. The van der Waals surface area contributed by atoms with E-state index in [4.69, 9.17) is 4.74 Å². The molecule has 138 valence electrons. The Kier molecular flexibility index (Phi) is 4.21. The molecule has 2 aliphatic rings. The van der Waals surface area contributed by atoms with E-state index in [0.717, 1.165) is 55.4 Å². The molecule has 0 atom stereocenters. The molecule has 2 fully saturated rings. The number of aromatic nitrogens is 1. The summed E-state index contributed by atoms with van der Waals surface area (Å²) < 4.78 is 21.3. The van der Waals surface area contributed by atoms with Gasteiger partial charge in [-0.15, -0.1) is 0 Å². The molecule has 0 amide bonds. The normalized spacial score (nSPS) is 17.1. The van der Waals surface area contributed by atoms with Crippen molar-refractivity contribution >= 4 is 17.2 Å². The Labute approximate surface area is 151 Å². The highest BCUT2D eigenvalue weighted by Gasteiger charge is 2.31. The Balaban J connectivity index is 2.00. The standard InChI is InChI=1S/C20H23FN2O3/c1-3-26-20(25)15-10-14(13-6-7-13)17-12(2)18(22-8-4-5-9-22)16(21)11-23(17)19(15)24/h10-11,13H,3-9H2,1-2H3. The topological polar surface area (TPSA) is 51.0 Å². The van der Waals surface area contributed by atoms with E-state index in [1.165, 1.54) is 10.6 Å². The number of rotatable bonds is 4. The molecular formula is C20H23FN2O3. The van der Waals surface area contributed by atoms with E-state index in [1.807, 2.05) is 6.92 Å². The largest absolute Gasteiger partial charge is 0.462 e. The van der Waals surface area contributed by atoms with Gasteiger partial charge in [0.1, 0.15) is 5.56 Å². The summed E-state index contributed by atoms with van der Waals surface area (Å²) in [6.45, 7) is 5.43. The average molecular weight is 358 g/mol. The number of hydrogen-bond donors (Lipinski definition) is 0. The van der Waals surface area contributed by atoms with E-state index in [2.05, 4.69) is 4.90 Å². The first-order valence-corrected chi connectivity index (χ1v) is 9.33. The Bertz CT molecular complexity index is 940. The fourth-order valence-corrected chi connectivity index (χ4v) is 4.03. The molecule has 0 aromatic carbocycles.